The molecule has 1 spiro atoms. The van der Waals surface area contributed by atoms with E-state index in [4.69, 9.17) is 4.74 Å². The molecule has 0 aromatic heterocycles. The predicted octanol–water partition coefficient (Wildman–Crippen LogP) is -0.0146. The van der Waals surface area contributed by atoms with E-state index < -0.39 is 6.04 Å². The monoisotopic (exact) mass is 269 g/mol. The molecule has 1 unspecified atom stereocenters. The van der Waals surface area contributed by atoms with Gasteiger partial charge in [0, 0.05) is 26.2 Å². The van der Waals surface area contributed by atoms with E-state index in [-0.39, 0.29) is 18.5 Å². The van der Waals surface area contributed by atoms with Gasteiger partial charge in [0.1, 0.15) is 18.4 Å². The van der Waals surface area contributed by atoms with Gasteiger partial charge in [-0.1, -0.05) is 0 Å². The third-order valence-electron chi connectivity index (χ3n) is 4.29. The highest BCUT2D eigenvalue weighted by atomic mass is 16.6. The number of likely N-dealkylation sites (tertiary alicyclic amines) is 1. The van der Waals surface area contributed by atoms with Gasteiger partial charge in [0.2, 0.25) is 0 Å². The molecule has 2 heterocycles. The molecule has 2 fully saturated rings. The van der Waals surface area contributed by atoms with Gasteiger partial charge in [0.05, 0.1) is 0 Å². The number of piperidine rings is 1. The van der Waals surface area contributed by atoms with Crippen LogP contribution in [0.1, 0.15) is 19.8 Å². The lowest BCUT2D eigenvalue weighted by Gasteiger charge is -2.48. The number of rotatable bonds is 4. The van der Waals surface area contributed by atoms with E-state index in [2.05, 4.69) is 10.6 Å². The summed E-state index contributed by atoms with van der Waals surface area (Å²) in [5.74, 6) is -0.0200. The largest absolute Gasteiger partial charge is 0.447 e. The Balaban J connectivity index is 1.73. The molecule has 6 nitrogen and oxygen atoms in total. The van der Waals surface area contributed by atoms with Gasteiger partial charge in [-0.2, -0.15) is 0 Å². The maximum absolute atomic E-state index is 11.9. The highest BCUT2D eigenvalue weighted by Gasteiger charge is 2.40. The molecule has 2 N–H and O–H groups in total. The van der Waals surface area contributed by atoms with Crippen LogP contribution in [0.5, 0.6) is 0 Å². The van der Waals surface area contributed by atoms with Crippen LogP contribution in [-0.2, 0) is 9.53 Å². The standard InChI is InChI=1S/C13H23N3O3/c1-10(17)11(14-2)7-19-12(18)16-5-3-13(4-6-16)8-15-9-13/h11,14-15H,3-9H2,1-2H3. The van der Waals surface area contributed by atoms with Crippen molar-refractivity contribution in [3.8, 4) is 0 Å². The van der Waals surface area contributed by atoms with Gasteiger partial charge in [0.25, 0.3) is 0 Å². The van der Waals surface area contributed by atoms with Crippen molar-refractivity contribution in [1.29, 1.82) is 0 Å². The third-order valence-corrected chi connectivity index (χ3v) is 4.29. The zero-order valence-corrected chi connectivity index (χ0v) is 11.7. The van der Waals surface area contributed by atoms with Crippen molar-refractivity contribution in [2.24, 2.45) is 5.41 Å². The summed E-state index contributed by atoms with van der Waals surface area (Å²) >= 11 is 0. The quantitative estimate of drug-likeness (QED) is 0.751. The van der Waals surface area contributed by atoms with Gasteiger partial charge in [0.15, 0.2) is 0 Å². The Morgan fingerprint density at radius 2 is 2.00 bits per heavy atom. The highest BCUT2D eigenvalue weighted by molar-refractivity contribution is 5.81. The summed E-state index contributed by atoms with van der Waals surface area (Å²) in [6.45, 7) is 5.25. The molecule has 2 rings (SSSR count). The van der Waals surface area contributed by atoms with Crippen LogP contribution in [-0.4, -0.2) is 62.7 Å². The van der Waals surface area contributed by atoms with Crippen LogP contribution in [0, 0.1) is 5.41 Å². The number of carbonyl (C=O) groups is 2. The number of amides is 1. The van der Waals surface area contributed by atoms with Gasteiger partial charge >= 0.3 is 6.09 Å². The SMILES string of the molecule is CNC(COC(=O)N1CCC2(CC1)CNC2)C(C)=O. The average molecular weight is 269 g/mol. The second-order valence-electron chi connectivity index (χ2n) is 5.62. The molecule has 1 atom stereocenters. The maximum atomic E-state index is 11.9. The van der Waals surface area contributed by atoms with Crippen LogP contribution in [0.25, 0.3) is 0 Å². The molecule has 0 saturated carbocycles. The van der Waals surface area contributed by atoms with Gasteiger partial charge in [-0.15, -0.1) is 0 Å². The van der Waals surface area contributed by atoms with E-state index in [1.54, 1.807) is 11.9 Å². The molecule has 19 heavy (non-hydrogen) atoms. The number of Topliss-reactive ketones (excluding diaryl/α,β-unsaturated/α-hetero) is 1. The van der Waals surface area contributed by atoms with Crippen LogP contribution < -0.4 is 10.6 Å². The Labute approximate surface area is 113 Å². The number of ketones is 1. The molecule has 2 aliphatic heterocycles. The molecule has 0 bridgehead atoms. The van der Waals surface area contributed by atoms with Crippen molar-refractivity contribution in [3.63, 3.8) is 0 Å². The molecule has 0 aliphatic carbocycles. The molecular weight excluding hydrogens is 246 g/mol. The van der Waals surface area contributed by atoms with Gasteiger partial charge in [-0.3, -0.25) is 4.79 Å². The third kappa shape index (κ3) is 3.25. The first kappa shape index (κ1) is 14.3. The fourth-order valence-corrected chi connectivity index (χ4v) is 2.65. The number of nitrogens with zero attached hydrogens (tertiary/aromatic N) is 1. The Morgan fingerprint density at radius 1 is 1.37 bits per heavy atom. The van der Waals surface area contributed by atoms with Gasteiger partial charge < -0.3 is 20.3 Å². The summed E-state index contributed by atoms with van der Waals surface area (Å²) in [5.41, 5.74) is 0.420. The molecule has 108 valence electrons. The summed E-state index contributed by atoms with van der Waals surface area (Å²) in [5, 5.41) is 6.13. The summed E-state index contributed by atoms with van der Waals surface area (Å²) in [6.07, 6.45) is 1.78. The number of ether oxygens (including phenoxy) is 1. The first-order valence-electron chi connectivity index (χ1n) is 6.86. The van der Waals surface area contributed by atoms with Crippen LogP contribution in [0.2, 0.25) is 0 Å². The second-order valence-corrected chi connectivity index (χ2v) is 5.62. The molecule has 0 aromatic rings. The smallest absolute Gasteiger partial charge is 0.409 e. The molecule has 6 heteroatoms. The molecule has 2 aliphatic rings. The lowest BCUT2D eigenvalue weighted by atomic mass is 9.73. The van der Waals surface area contributed by atoms with E-state index in [0.717, 1.165) is 39.0 Å². The van der Waals surface area contributed by atoms with Crippen molar-refractivity contribution in [1.82, 2.24) is 15.5 Å². The summed E-state index contributed by atoms with van der Waals surface area (Å²) in [4.78, 5) is 24.9. The number of hydrogen-bond acceptors (Lipinski definition) is 5. The van der Waals surface area contributed by atoms with Gasteiger partial charge in [-0.25, -0.2) is 4.79 Å². The molecule has 0 radical (unpaired) electrons. The minimum Gasteiger partial charge on any atom is -0.447 e. The highest BCUT2D eigenvalue weighted by Crippen LogP contribution is 2.34. The van der Waals surface area contributed by atoms with E-state index in [0.29, 0.717) is 5.41 Å². The molecule has 2 saturated heterocycles. The van der Waals surface area contributed by atoms with Crippen LogP contribution in [0.4, 0.5) is 4.79 Å². The fraction of sp³-hybridized carbons (Fsp3) is 0.846. The first-order valence-corrected chi connectivity index (χ1v) is 6.86. The molecule has 0 aromatic carbocycles. The van der Waals surface area contributed by atoms with Crippen molar-refractivity contribution >= 4 is 11.9 Å². The number of hydrogen-bond donors (Lipinski definition) is 2. The first-order chi connectivity index (χ1) is 9.06. The number of nitrogens with one attached hydrogen (secondary N) is 2. The Hall–Kier alpha value is -1.14. The average Bonchev–Trinajstić information content (AvgIpc) is 2.37. The molecule has 1 amide bonds. The minimum absolute atomic E-state index is 0.0200. The summed E-state index contributed by atoms with van der Waals surface area (Å²) in [7, 11) is 1.69. The van der Waals surface area contributed by atoms with E-state index in [9.17, 15) is 9.59 Å². The Morgan fingerprint density at radius 3 is 2.42 bits per heavy atom. The zero-order chi connectivity index (χ0) is 13.9. The lowest BCUT2D eigenvalue weighted by molar-refractivity contribution is -0.119. The van der Waals surface area contributed by atoms with Crippen LogP contribution >= 0.6 is 0 Å². The van der Waals surface area contributed by atoms with Crippen molar-refractivity contribution in [2.75, 3.05) is 39.8 Å². The predicted molar refractivity (Wildman–Crippen MR) is 71.0 cm³/mol. The zero-order valence-electron chi connectivity index (χ0n) is 11.7. The van der Waals surface area contributed by atoms with E-state index in [1.165, 1.54) is 6.92 Å². The lowest BCUT2D eigenvalue weighted by Crippen LogP contribution is -2.58. The van der Waals surface area contributed by atoms with Crippen molar-refractivity contribution < 1.29 is 14.3 Å². The van der Waals surface area contributed by atoms with E-state index in [1.807, 2.05) is 0 Å². The number of likely N-dealkylation sites (N-methyl/N-ethyl adjacent to an activating group) is 1. The number of carbonyl (C=O) groups excluding carboxylic acids is 2. The van der Waals surface area contributed by atoms with Gasteiger partial charge in [-0.05, 0) is 32.2 Å². The van der Waals surface area contributed by atoms with Crippen LogP contribution in [0.15, 0.2) is 0 Å². The van der Waals surface area contributed by atoms with Crippen molar-refractivity contribution in [3.05, 3.63) is 0 Å². The Kier molecular flexibility index (Phi) is 4.42. The maximum Gasteiger partial charge on any atom is 0.409 e. The minimum atomic E-state index is -0.407. The summed E-state index contributed by atoms with van der Waals surface area (Å²) < 4.78 is 5.20. The summed E-state index contributed by atoms with van der Waals surface area (Å²) in [6, 6.07) is -0.407. The van der Waals surface area contributed by atoms with E-state index >= 15 is 0 Å². The van der Waals surface area contributed by atoms with Crippen molar-refractivity contribution in [2.45, 2.75) is 25.8 Å². The van der Waals surface area contributed by atoms with Crippen LogP contribution in [0.3, 0.4) is 0 Å². The molecular formula is C13H23N3O3. The normalized spacial score (nSPS) is 22.7. The second kappa shape index (κ2) is 5.88. The fourth-order valence-electron chi connectivity index (χ4n) is 2.65. The topological polar surface area (TPSA) is 70.7 Å². The Bertz CT molecular complexity index is 345.